The number of carbonyl (C=O) groups excluding carboxylic acids is 2. The largest absolute Gasteiger partial charge is 0.469 e. The molecule has 1 aliphatic rings. The van der Waals surface area contributed by atoms with Crippen molar-refractivity contribution in [1.29, 1.82) is 0 Å². The Kier molecular flexibility index (Phi) is 9.06. The number of thiophene rings is 1. The molecule has 0 aliphatic carbocycles. The van der Waals surface area contributed by atoms with E-state index in [1.165, 1.54) is 36.9 Å². The van der Waals surface area contributed by atoms with Crippen LogP contribution in [0, 0.1) is 5.82 Å². The lowest BCUT2D eigenvalue weighted by atomic mass is 10.0. The highest BCUT2D eigenvalue weighted by Gasteiger charge is 2.22. The van der Waals surface area contributed by atoms with Crippen LogP contribution in [0.3, 0.4) is 0 Å². The quantitative estimate of drug-likeness (QED) is 0.274. The van der Waals surface area contributed by atoms with E-state index in [0.29, 0.717) is 27.6 Å². The van der Waals surface area contributed by atoms with Crippen LogP contribution in [-0.4, -0.2) is 59.5 Å². The molecular formula is C25H29ClFN5O3S. The maximum Gasteiger partial charge on any atom is 0.305 e. The summed E-state index contributed by atoms with van der Waals surface area (Å²) < 4.78 is 18.1. The van der Waals surface area contributed by atoms with Gasteiger partial charge >= 0.3 is 5.97 Å². The number of piperidine rings is 1. The molecule has 2 N–H and O–H groups in total. The van der Waals surface area contributed by atoms with Gasteiger partial charge in [0.25, 0.3) is 5.91 Å². The molecule has 0 spiro atoms. The van der Waals surface area contributed by atoms with Crippen molar-refractivity contribution in [3.05, 3.63) is 46.3 Å². The van der Waals surface area contributed by atoms with E-state index in [-0.39, 0.29) is 22.9 Å². The van der Waals surface area contributed by atoms with Gasteiger partial charge in [0.1, 0.15) is 22.8 Å². The highest BCUT2D eigenvalue weighted by atomic mass is 35.5. The number of ether oxygens (including phenoxy) is 1. The zero-order chi connectivity index (χ0) is 25.5. The number of nitrogens with one attached hydrogen (secondary N) is 2. The fourth-order valence-electron chi connectivity index (χ4n) is 4.22. The minimum absolute atomic E-state index is 0.0142. The second-order valence-electron chi connectivity index (χ2n) is 8.78. The summed E-state index contributed by atoms with van der Waals surface area (Å²) in [5.41, 5.74) is 0.592. The Morgan fingerprint density at radius 1 is 1.19 bits per heavy atom. The number of halogens is 2. The number of anilines is 2. The lowest BCUT2D eigenvalue weighted by molar-refractivity contribution is -0.140. The molecule has 3 heterocycles. The van der Waals surface area contributed by atoms with Gasteiger partial charge in [-0.2, -0.15) is 0 Å². The van der Waals surface area contributed by atoms with E-state index < -0.39 is 5.82 Å². The van der Waals surface area contributed by atoms with E-state index in [1.807, 2.05) is 0 Å². The summed E-state index contributed by atoms with van der Waals surface area (Å²) in [5.74, 6) is -0.235. The summed E-state index contributed by atoms with van der Waals surface area (Å²) in [4.78, 5) is 36.4. The Morgan fingerprint density at radius 3 is 2.75 bits per heavy atom. The number of methoxy groups -OCH3 is 1. The molecule has 1 amide bonds. The van der Waals surface area contributed by atoms with E-state index >= 15 is 0 Å². The molecule has 1 saturated heterocycles. The molecule has 1 fully saturated rings. The third-order valence-electron chi connectivity index (χ3n) is 6.24. The second-order valence-corrected chi connectivity index (χ2v) is 10.2. The second kappa shape index (κ2) is 12.4. The monoisotopic (exact) mass is 533 g/mol. The number of aromatic nitrogens is 2. The van der Waals surface area contributed by atoms with Crippen LogP contribution in [0.4, 0.5) is 15.9 Å². The Labute approximate surface area is 218 Å². The highest BCUT2D eigenvalue weighted by molar-refractivity contribution is 7.20. The van der Waals surface area contributed by atoms with Crippen molar-refractivity contribution >= 4 is 56.5 Å². The average molecular weight is 534 g/mol. The third kappa shape index (κ3) is 6.89. The molecule has 4 rings (SSSR count). The summed E-state index contributed by atoms with van der Waals surface area (Å²) in [6.07, 6.45) is 6.62. The first-order chi connectivity index (χ1) is 17.4. The first-order valence-corrected chi connectivity index (χ1v) is 13.2. The van der Waals surface area contributed by atoms with Crippen LogP contribution < -0.4 is 10.6 Å². The predicted octanol–water partition coefficient (Wildman–Crippen LogP) is 5.16. The maximum absolute atomic E-state index is 13.5. The number of carbonyl (C=O) groups is 2. The Morgan fingerprint density at radius 2 is 2.00 bits per heavy atom. The van der Waals surface area contributed by atoms with Gasteiger partial charge in [-0.15, -0.1) is 11.3 Å². The Hall–Kier alpha value is -2.82. The van der Waals surface area contributed by atoms with E-state index in [4.69, 9.17) is 11.6 Å². The molecule has 3 aromatic rings. The number of hydrogen-bond acceptors (Lipinski definition) is 8. The number of amides is 1. The normalized spacial score (nSPS) is 14.6. The summed E-state index contributed by atoms with van der Waals surface area (Å²) in [7, 11) is 1.42. The number of likely N-dealkylation sites (tertiary alicyclic amines) is 1. The fraction of sp³-hybridized carbons (Fsp3) is 0.440. The van der Waals surface area contributed by atoms with E-state index in [1.54, 1.807) is 12.1 Å². The van der Waals surface area contributed by atoms with Crippen LogP contribution in [0.2, 0.25) is 5.02 Å². The van der Waals surface area contributed by atoms with Crippen molar-refractivity contribution in [2.24, 2.45) is 0 Å². The van der Waals surface area contributed by atoms with Crippen LogP contribution in [0.25, 0.3) is 10.2 Å². The average Bonchev–Trinajstić information content (AvgIpc) is 3.33. The summed E-state index contributed by atoms with van der Waals surface area (Å²) in [6.45, 7) is 2.88. The van der Waals surface area contributed by atoms with Crippen molar-refractivity contribution in [2.45, 2.75) is 44.6 Å². The number of esters is 1. The van der Waals surface area contributed by atoms with E-state index in [2.05, 4.69) is 30.2 Å². The molecule has 36 heavy (non-hydrogen) atoms. The van der Waals surface area contributed by atoms with Gasteiger partial charge in [-0.3, -0.25) is 9.59 Å². The number of fused-ring (bicyclic) bond motifs is 1. The van der Waals surface area contributed by atoms with E-state index in [0.717, 1.165) is 57.1 Å². The van der Waals surface area contributed by atoms with Crippen molar-refractivity contribution in [1.82, 2.24) is 20.2 Å². The molecule has 2 aromatic heterocycles. The van der Waals surface area contributed by atoms with Gasteiger partial charge in [-0.05, 0) is 56.5 Å². The zero-order valence-corrected chi connectivity index (χ0v) is 21.6. The molecule has 11 heteroatoms. The SMILES string of the molecule is COC(=O)CCCCCN1CCC(NC(=O)c2cc3c(Nc4ccc(F)c(Cl)c4)ncnc3s2)CC1. The van der Waals surface area contributed by atoms with Gasteiger partial charge < -0.3 is 20.3 Å². The fourth-order valence-corrected chi connectivity index (χ4v) is 5.30. The zero-order valence-electron chi connectivity index (χ0n) is 20.1. The molecule has 1 aromatic carbocycles. The van der Waals surface area contributed by atoms with Gasteiger partial charge in [-0.25, -0.2) is 14.4 Å². The van der Waals surface area contributed by atoms with Gasteiger partial charge in [0.15, 0.2) is 0 Å². The molecular weight excluding hydrogens is 505 g/mol. The Balaban J connectivity index is 1.28. The number of rotatable bonds is 10. The van der Waals surface area contributed by atoms with Crippen LogP contribution in [0.15, 0.2) is 30.6 Å². The van der Waals surface area contributed by atoms with Crippen molar-refractivity contribution < 1.29 is 18.7 Å². The smallest absolute Gasteiger partial charge is 0.305 e. The minimum atomic E-state index is -0.494. The van der Waals surface area contributed by atoms with Crippen LogP contribution in [0.5, 0.6) is 0 Å². The molecule has 0 saturated carbocycles. The molecule has 192 valence electrons. The highest BCUT2D eigenvalue weighted by Crippen LogP contribution is 2.31. The van der Waals surface area contributed by atoms with Gasteiger partial charge in [0.2, 0.25) is 0 Å². The number of nitrogens with zero attached hydrogens (tertiary/aromatic N) is 3. The van der Waals surface area contributed by atoms with Crippen molar-refractivity contribution in [3.8, 4) is 0 Å². The van der Waals surface area contributed by atoms with Gasteiger partial charge in [0, 0.05) is 31.2 Å². The molecule has 0 bridgehead atoms. The van der Waals surface area contributed by atoms with Crippen LogP contribution in [-0.2, 0) is 9.53 Å². The molecule has 0 unspecified atom stereocenters. The Bertz CT molecular complexity index is 1220. The summed E-state index contributed by atoms with van der Waals surface area (Å²) in [6, 6.07) is 6.25. The number of unbranched alkanes of at least 4 members (excludes halogenated alkanes) is 2. The maximum atomic E-state index is 13.5. The summed E-state index contributed by atoms with van der Waals surface area (Å²) >= 11 is 7.19. The first-order valence-electron chi connectivity index (χ1n) is 12.0. The first kappa shape index (κ1) is 26.2. The topological polar surface area (TPSA) is 96.5 Å². The van der Waals surface area contributed by atoms with Crippen molar-refractivity contribution in [2.75, 3.05) is 32.1 Å². The van der Waals surface area contributed by atoms with Crippen molar-refractivity contribution in [3.63, 3.8) is 0 Å². The van der Waals surface area contributed by atoms with Crippen LogP contribution in [0.1, 0.15) is 48.2 Å². The lowest BCUT2D eigenvalue weighted by Gasteiger charge is -2.32. The molecule has 0 atom stereocenters. The van der Waals surface area contributed by atoms with Crippen LogP contribution >= 0.6 is 22.9 Å². The standard InChI is InChI=1S/C25H29ClFN5O3S/c1-35-22(33)5-3-2-4-10-32-11-8-16(9-12-32)31-24(34)21-14-18-23(28-15-29-25(18)36-21)30-17-6-7-20(27)19(26)13-17/h6-7,13-16H,2-5,8-12H2,1H3,(H,31,34)(H,28,29,30). The lowest BCUT2D eigenvalue weighted by Crippen LogP contribution is -2.44. The summed E-state index contributed by atoms with van der Waals surface area (Å²) in [5, 5.41) is 7.02. The van der Waals surface area contributed by atoms with Gasteiger partial charge in [-0.1, -0.05) is 18.0 Å². The number of hydrogen-bond donors (Lipinski definition) is 2. The molecule has 0 radical (unpaired) electrons. The van der Waals surface area contributed by atoms with Gasteiger partial charge in [0.05, 0.1) is 22.4 Å². The third-order valence-corrected chi connectivity index (χ3v) is 7.57. The molecule has 1 aliphatic heterocycles. The number of benzene rings is 1. The predicted molar refractivity (Wildman–Crippen MR) is 140 cm³/mol. The molecule has 8 nitrogen and oxygen atoms in total. The minimum Gasteiger partial charge on any atom is -0.469 e. The van der Waals surface area contributed by atoms with E-state index in [9.17, 15) is 14.0 Å².